The lowest BCUT2D eigenvalue weighted by molar-refractivity contribution is -0.168. The van der Waals surface area contributed by atoms with Crippen LogP contribution in [-0.2, 0) is 9.47 Å². The van der Waals surface area contributed by atoms with Crippen molar-refractivity contribution in [3.63, 3.8) is 0 Å². The summed E-state index contributed by atoms with van der Waals surface area (Å²) in [7, 11) is 3.26. The number of amides is 1. The van der Waals surface area contributed by atoms with Crippen LogP contribution in [0.25, 0.3) is 0 Å². The first-order valence-electron chi connectivity index (χ1n) is 9.57. The predicted octanol–water partition coefficient (Wildman–Crippen LogP) is 2.35. The van der Waals surface area contributed by atoms with E-state index in [1.807, 2.05) is 7.05 Å². The molecule has 0 aromatic rings. The van der Waals surface area contributed by atoms with Gasteiger partial charge in [-0.15, -0.1) is 24.0 Å². The SMILES string of the molecule is CCOC1CC(NC(=NC)NC2CCN(C(=O)OC)CC2)C12CCC2.I. The van der Waals surface area contributed by atoms with Crippen molar-refractivity contribution in [2.45, 2.75) is 63.6 Å². The fourth-order valence-electron chi connectivity index (χ4n) is 4.51. The fourth-order valence-corrected chi connectivity index (χ4v) is 4.51. The highest BCUT2D eigenvalue weighted by molar-refractivity contribution is 14.0. The Bertz CT molecular complexity index is 505. The number of nitrogens with one attached hydrogen (secondary N) is 2. The van der Waals surface area contributed by atoms with Gasteiger partial charge in [0, 0.05) is 44.2 Å². The van der Waals surface area contributed by atoms with Crippen molar-refractivity contribution >= 4 is 36.0 Å². The van der Waals surface area contributed by atoms with Crippen LogP contribution in [-0.4, -0.2) is 69.0 Å². The minimum Gasteiger partial charge on any atom is -0.453 e. The number of likely N-dealkylation sites (tertiary alicyclic amines) is 1. The summed E-state index contributed by atoms with van der Waals surface area (Å²) < 4.78 is 10.7. The van der Waals surface area contributed by atoms with Gasteiger partial charge in [0.1, 0.15) is 0 Å². The number of aliphatic imine (C=N–C) groups is 1. The number of carbonyl (C=O) groups is 1. The van der Waals surface area contributed by atoms with E-state index in [1.165, 1.54) is 26.4 Å². The molecule has 0 radical (unpaired) electrons. The molecule has 26 heavy (non-hydrogen) atoms. The maximum absolute atomic E-state index is 11.6. The van der Waals surface area contributed by atoms with Crippen LogP contribution in [0.15, 0.2) is 4.99 Å². The lowest BCUT2D eigenvalue weighted by Crippen LogP contribution is -2.69. The largest absolute Gasteiger partial charge is 0.453 e. The standard InChI is InChI=1S/C18H32N4O3.HI/c1-4-25-15-12-14(18(15)8-5-9-18)21-16(19-2)20-13-6-10-22(11-7-13)17(23)24-3;/h13-15H,4-12H2,1-3H3,(H2,19,20,21);1H. The highest BCUT2D eigenvalue weighted by atomic mass is 127. The Morgan fingerprint density at radius 2 is 1.96 bits per heavy atom. The third-order valence-electron chi connectivity index (χ3n) is 6.24. The molecule has 2 unspecified atom stereocenters. The predicted molar refractivity (Wildman–Crippen MR) is 112 cm³/mol. The summed E-state index contributed by atoms with van der Waals surface area (Å²) >= 11 is 0. The first kappa shape index (κ1) is 21.5. The smallest absolute Gasteiger partial charge is 0.409 e. The lowest BCUT2D eigenvalue weighted by atomic mass is 9.51. The molecule has 8 heteroatoms. The Hall–Kier alpha value is -0.770. The average molecular weight is 480 g/mol. The number of hydrogen-bond acceptors (Lipinski definition) is 4. The summed E-state index contributed by atoms with van der Waals surface area (Å²) in [6.45, 7) is 4.32. The third-order valence-corrected chi connectivity index (χ3v) is 6.24. The van der Waals surface area contributed by atoms with Crippen LogP contribution in [0, 0.1) is 5.41 Å². The second-order valence-corrected chi connectivity index (χ2v) is 7.41. The maximum Gasteiger partial charge on any atom is 0.409 e. The van der Waals surface area contributed by atoms with Gasteiger partial charge < -0.3 is 25.0 Å². The van der Waals surface area contributed by atoms with Crippen molar-refractivity contribution in [1.82, 2.24) is 15.5 Å². The van der Waals surface area contributed by atoms with Gasteiger partial charge in [0.05, 0.1) is 13.2 Å². The summed E-state index contributed by atoms with van der Waals surface area (Å²) in [4.78, 5) is 17.8. The molecule has 0 aromatic carbocycles. The van der Waals surface area contributed by atoms with Crippen LogP contribution in [0.3, 0.4) is 0 Å². The van der Waals surface area contributed by atoms with Crippen molar-refractivity contribution < 1.29 is 14.3 Å². The highest BCUT2D eigenvalue weighted by Crippen LogP contribution is 2.57. The summed E-state index contributed by atoms with van der Waals surface area (Å²) in [5, 5.41) is 7.16. The van der Waals surface area contributed by atoms with E-state index in [0.29, 0.717) is 23.6 Å². The molecule has 0 bridgehead atoms. The van der Waals surface area contributed by atoms with E-state index in [9.17, 15) is 4.79 Å². The zero-order valence-corrected chi connectivity index (χ0v) is 18.5. The van der Waals surface area contributed by atoms with E-state index in [1.54, 1.807) is 4.90 Å². The first-order chi connectivity index (χ1) is 12.1. The van der Waals surface area contributed by atoms with Crippen LogP contribution >= 0.6 is 24.0 Å². The Labute approximate surface area is 173 Å². The molecule has 1 aliphatic heterocycles. The van der Waals surface area contributed by atoms with Crippen molar-refractivity contribution in [1.29, 1.82) is 0 Å². The topological polar surface area (TPSA) is 75.2 Å². The molecule has 1 spiro atoms. The number of hydrogen-bond donors (Lipinski definition) is 2. The molecular formula is C18H33IN4O3. The summed E-state index contributed by atoms with van der Waals surface area (Å²) in [6.07, 6.45) is 6.87. The molecule has 2 N–H and O–H groups in total. The van der Waals surface area contributed by atoms with Gasteiger partial charge in [0.15, 0.2) is 5.96 Å². The average Bonchev–Trinajstić information content (AvgIpc) is 2.58. The molecule has 2 saturated carbocycles. The molecule has 2 aliphatic carbocycles. The number of ether oxygens (including phenoxy) is 2. The van der Waals surface area contributed by atoms with E-state index >= 15 is 0 Å². The van der Waals surface area contributed by atoms with Gasteiger partial charge in [-0.3, -0.25) is 4.99 Å². The van der Waals surface area contributed by atoms with Gasteiger partial charge in [0.25, 0.3) is 0 Å². The third kappa shape index (κ3) is 4.21. The quantitative estimate of drug-likeness (QED) is 0.367. The zero-order chi connectivity index (χ0) is 17.9. The van der Waals surface area contributed by atoms with E-state index in [2.05, 4.69) is 22.5 Å². The van der Waals surface area contributed by atoms with Gasteiger partial charge in [-0.05, 0) is 39.0 Å². The normalized spacial score (nSPS) is 27.8. The minimum absolute atomic E-state index is 0. The van der Waals surface area contributed by atoms with E-state index in [-0.39, 0.29) is 30.1 Å². The number of methoxy groups -OCH3 is 1. The molecule has 7 nitrogen and oxygen atoms in total. The van der Waals surface area contributed by atoms with Crippen LogP contribution in [0.4, 0.5) is 4.79 Å². The molecule has 1 saturated heterocycles. The maximum atomic E-state index is 11.6. The second-order valence-electron chi connectivity index (χ2n) is 7.41. The molecule has 3 rings (SSSR count). The molecule has 1 amide bonds. The van der Waals surface area contributed by atoms with Crippen molar-refractivity contribution in [3.8, 4) is 0 Å². The first-order valence-corrected chi connectivity index (χ1v) is 9.57. The Kier molecular flexibility index (Phi) is 7.81. The number of piperidine rings is 1. The summed E-state index contributed by atoms with van der Waals surface area (Å²) in [5.41, 5.74) is 0.321. The van der Waals surface area contributed by atoms with Crippen molar-refractivity contribution in [2.24, 2.45) is 10.4 Å². The highest BCUT2D eigenvalue weighted by Gasteiger charge is 2.59. The van der Waals surface area contributed by atoms with Gasteiger partial charge in [-0.25, -0.2) is 4.79 Å². The van der Waals surface area contributed by atoms with E-state index in [4.69, 9.17) is 9.47 Å². The van der Waals surface area contributed by atoms with Gasteiger partial charge in [-0.1, -0.05) is 6.42 Å². The zero-order valence-electron chi connectivity index (χ0n) is 16.1. The van der Waals surface area contributed by atoms with Gasteiger partial charge in [-0.2, -0.15) is 0 Å². The Morgan fingerprint density at radius 1 is 1.27 bits per heavy atom. The van der Waals surface area contributed by atoms with Crippen LogP contribution in [0.2, 0.25) is 0 Å². The number of rotatable bonds is 4. The Morgan fingerprint density at radius 3 is 2.46 bits per heavy atom. The van der Waals surface area contributed by atoms with Crippen molar-refractivity contribution in [2.75, 3.05) is 33.9 Å². The summed E-state index contributed by atoms with van der Waals surface area (Å²) in [6, 6.07) is 0.798. The van der Waals surface area contributed by atoms with Crippen LogP contribution < -0.4 is 10.6 Å². The number of halogens is 1. The number of guanidine groups is 1. The minimum atomic E-state index is -0.232. The van der Waals surface area contributed by atoms with Crippen LogP contribution in [0.1, 0.15) is 45.4 Å². The fraction of sp³-hybridized carbons (Fsp3) is 0.889. The molecular weight excluding hydrogens is 447 g/mol. The monoisotopic (exact) mass is 480 g/mol. The molecule has 0 aromatic heterocycles. The molecule has 2 atom stereocenters. The number of carbonyl (C=O) groups excluding carboxylic acids is 1. The van der Waals surface area contributed by atoms with Crippen molar-refractivity contribution in [3.05, 3.63) is 0 Å². The number of nitrogens with zero attached hydrogens (tertiary/aromatic N) is 2. The summed E-state index contributed by atoms with van der Waals surface area (Å²) in [5.74, 6) is 0.878. The Balaban J connectivity index is 0.00000243. The molecule has 3 aliphatic rings. The molecule has 150 valence electrons. The van der Waals surface area contributed by atoms with Gasteiger partial charge >= 0.3 is 6.09 Å². The van der Waals surface area contributed by atoms with Crippen LogP contribution in [0.5, 0.6) is 0 Å². The van der Waals surface area contributed by atoms with Gasteiger partial charge in [0.2, 0.25) is 0 Å². The molecule has 1 heterocycles. The van der Waals surface area contributed by atoms with E-state index in [0.717, 1.165) is 44.9 Å². The second kappa shape index (κ2) is 9.43. The lowest BCUT2D eigenvalue weighted by Gasteiger charge is -2.61. The van der Waals surface area contributed by atoms with E-state index < -0.39 is 0 Å². The molecule has 3 fully saturated rings.